The van der Waals surface area contributed by atoms with Crippen molar-refractivity contribution < 1.29 is 19.4 Å². The van der Waals surface area contributed by atoms with Crippen LogP contribution in [0, 0.1) is 0 Å². The summed E-state index contributed by atoms with van der Waals surface area (Å²) in [7, 11) is 0. The highest BCUT2D eigenvalue weighted by Crippen LogP contribution is 2.16. The van der Waals surface area contributed by atoms with E-state index in [4.69, 9.17) is 9.84 Å². The first-order valence-electron chi connectivity index (χ1n) is 6.89. The molecule has 0 heterocycles. The Morgan fingerprint density at radius 1 is 1.00 bits per heavy atom. The number of carbonyl (C=O) groups excluding carboxylic acids is 1. The quantitative estimate of drug-likeness (QED) is 0.859. The van der Waals surface area contributed by atoms with Gasteiger partial charge in [-0.15, -0.1) is 0 Å². The van der Waals surface area contributed by atoms with Crippen LogP contribution in [0.5, 0.6) is 0 Å². The molecular formula is C17H17NO4. The summed E-state index contributed by atoms with van der Waals surface area (Å²) < 4.78 is 5.12. The van der Waals surface area contributed by atoms with E-state index in [2.05, 4.69) is 5.32 Å². The van der Waals surface area contributed by atoms with Crippen LogP contribution in [0.25, 0.3) is 0 Å². The van der Waals surface area contributed by atoms with E-state index in [1.54, 1.807) is 24.3 Å². The number of carboxylic acids is 1. The van der Waals surface area contributed by atoms with Crippen molar-refractivity contribution in [3.05, 3.63) is 71.8 Å². The molecule has 1 amide bonds. The number of ether oxygens (including phenoxy) is 1. The maximum atomic E-state index is 11.9. The van der Waals surface area contributed by atoms with Crippen molar-refractivity contribution >= 4 is 12.1 Å². The first kappa shape index (κ1) is 15.6. The number of rotatable bonds is 6. The largest absolute Gasteiger partial charge is 0.481 e. The Kier molecular flexibility index (Phi) is 5.54. The summed E-state index contributed by atoms with van der Waals surface area (Å²) >= 11 is 0. The minimum atomic E-state index is -0.989. The van der Waals surface area contributed by atoms with Crippen LogP contribution >= 0.6 is 0 Å². The van der Waals surface area contributed by atoms with E-state index >= 15 is 0 Å². The second-order valence-electron chi connectivity index (χ2n) is 4.77. The molecular weight excluding hydrogens is 282 g/mol. The third kappa shape index (κ3) is 4.94. The number of aliphatic carboxylic acids is 1. The molecule has 0 saturated carbocycles. The summed E-state index contributed by atoms with van der Waals surface area (Å²) in [5.74, 6) is -0.989. The van der Waals surface area contributed by atoms with Crippen molar-refractivity contribution in [3.63, 3.8) is 0 Å². The molecule has 0 spiro atoms. The first-order chi connectivity index (χ1) is 10.6. The van der Waals surface area contributed by atoms with Crippen LogP contribution in [-0.4, -0.2) is 17.2 Å². The van der Waals surface area contributed by atoms with Gasteiger partial charge in [-0.05, 0) is 11.1 Å². The van der Waals surface area contributed by atoms with Crippen molar-refractivity contribution in [1.29, 1.82) is 0 Å². The van der Waals surface area contributed by atoms with Crippen molar-refractivity contribution in [2.75, 3.05) is 0 Å². The Hall–Kier alpha value is -2.82. The summed E-state index contributed by atoms with van der Waals surface area (Å²) in [4.78, 5) is 22.8. The van der Waals surface area contributed by atoms with Crippen molar-refractivity contribution in [2.24, 2.45) is 0 Å². The number of nitrogens with one attached hydrogen (secondary N) is 1. The molecule has 2 aromatic carbocycles. The number of carboxylic acid groups (broad SMARTS) is 1. The van der Waals surface area contributed by atoms with Gasteiger partial charge in [0.2, 0.25) is 0 Å². The fraction of sp³-hybridized carbons (Fsp3) is 0.176. The molecule has 5 heteroatoms. The molecule has 0 saturated heterocycles. The fourth-order valence-electron chi connectivity index (χ4n) is 2.02. The number of alkyl carbamates (subject to hydrolysis) is 1. The van der Waals surface area contributed by atoms with Crippen molar-refractivity contribution in [2.45, 2.75) is 19.1 Å². The van der Waals surface area contributed by atoms with Gasteiger partial charge in [-0.1, -0.05) is 60.7 Å². The van der Waals surface area contributed by atoms with Gasteiger partial charge in [-0.25, -0.2) is 4.79 Å². The van der Waals surface area contributed by atoms with Crippen LogP contribution in [0.3, 0.4) is 0 Å². The molecule has 0 unspecified atom stereocenters. The topological polar surface area (TPSA) is 75.6 Å². The van der Waals surface area contributed by atoms with Gasteiger partial charge in [0.25, 0.3) is 0 Å². The van der Waals surface area contributed by atoms with Crippen LogP contribution in [0.2, 0.25) is 0 Å². The Labute approximate surface area is 128 Å². The van der Waals surface area contributed by atoms with E-state index in [0.29, 0.717) is 0 Å². The standard InChI is InChI=1S/C17H17NO4/c19-16(20)11-15(14-9-5-2-6-10-14)18-17(21)22-12-13-7-3-1-4-8-13/h1-10,15H,11-12H2,(H,18,21)(H,19,20)/t15-/m0/s1. The fourth-order valence-corrected chi connectivity index (χ4v) is 2.02. The smallest absolute Gasteiger partial charge is 0.407 e. The van der Waals surface area contributed by atoms with Crippen LogP contribution < -0.4 is 5.32 Å². The number of benzene rings is 2. The lowest BCUT2D eigenvalue weighted by Crippen LogP contribution is -2.30. The lowest BCUT2D eigenvalue weighted by molar-refractivity contribution is -0.137. The highest BCUT2D eigenvalue weighted by Gasteiger charge is 2.18. The maximum Gasteiger partial charge on any atom is 0.407 e. The summed E-state index contributed by atoms with van der Waals surface area (Å²) in [6, 6.07) is 17.6. The number of carbonyl (C=O) groups is 2. The Bertz CT molecular complexity index is 613. The van der Waals surface area contributed by atoms with E-state index in [1.807, 2.05) is 36.4 Å². The lowest BCUT2D eigenvalue weighted by atomic mass is 10.0. The lowest BCUT2D eigenvalue weighted by Gasteiger charge is -2.17. The normalized spacial score (nSPS) is 11.5. The predicted molar refractivity (Wildman–Crippen MR) is 81.2 cm³/mol. The molecule has 114 valence electrons. The molecule has 1 atom stereocenters. The van der Waals surface area contributed by atoms with Gasteiger partial charge in [-0.3, -0.25) is 4.79 Å². The average Bonchev–Trinajstić information content (AvgIpc) is 2.54. The SMILES string of the molecule is O=C(O)C[C@H](NC(=O)OCc1ccccc1)c1ccccc1. The van der Waals surface area contributed by atoms with E-state index in [-0.39, 0.29) is 13.0 Å². The molecule has 0 radical (unpaired) electrons. The summed E-state index contributed by atoms with van der Waals surface area (Å²) in [6.45, 7) is 0.140. The summed E-state index contributed by atoms with van der Waals surface area (Å²) in [6.07, 6.45) is -0.844. The number of hydrogen-bond acceptors (Lipinski definition) is 3. The van der Waals surface area contributed by atoms with E-state index < -0.39 is 18.1 Å². The van der Waals surface area contributed by atoms with Crippen LogP contribution in [0.1, 0.15) is 23.6 Å². The summed E-state index contributed by atoms with van der Waals surface area (Å²) in [5, 5.41) is 11.6. The molecule has 2 aromatic rings. The number of amides is 1. The number of hydrogen-bond donors (Lipinski definition) is 2. The highest BCUT2D eigenvalue weighted by molar-refractivity contribution is 5.72. The highest BCUT2D eigenvalue weighted by atomic mass is 16.5. The second kappa shape index (κ2) is 7.83. The zero-order valence-electron chi connectivity index (χ0n) is 11.9. The van der Waals surface area contributed by atoms with Gasteiger partial charge in [0, 0.05) is 0 Å². The molecule has 0 fully saturated rings. The van der Waals surface area contributed by atoms with E-state index in [0.717, 1.165) is 11.1 Å². The molecule has 0 aliphatic rings. The van der Waals surface area contributed by atoms with Gasteiger partial charge in [0.05, 0.1) is 12.5 Å². The van der Waals surface area contributed by atoms with E-state index in [9.17, 15) is 9.59 Å². The molecule has 0 bridgehead atoms. The predicted octanol–water partition coefficient (Wildman–Crippen LogP) is 3.13. The molecule has 2 N–H and O–H groups in total. The average molecular weight is 299 g/mol. The third-order valence-corrected chi connectivity index (χ3v) is 3.09. The van der Waals surface area contributed by atoms with Gasteiger partial charge in [0.15, 0.2) is 0 Å². The van der Waals surface area contributed by atoms with E-state index in [1.165, 1.54) is 0 Å². The minimum absolute atomic E-state index is 0.140. The molecule has 22 heavy (non-hydrogen) atoms. The van der Waals surface area contributed by atoms with Gasteiger partial charge in [0.1, 0.15) is 6.61 Å². The zero-order valence-corrected chi connectivity index (χ0v) is 11.9. The molecule has 5 nitrogen and oxygen atoms in total. The van der Waals surface area contributed by atoms with Gasteiger partial charge < -0.3 is 15.2 Å². The minimum Gasteiger partial charge on any atom is -0.481 e. The van der Waals surface area contributed by atoms with Crippen molar-refractivity contribution in [3.8, 4) is 0 Å². The molecule has 2 rings (SSSR count). The molecule has 0 aliphatic heterocycles. The monoisotopic (exact) mass is 299 g/mol. The second-order valence-corrected chi connectivity index (χ2v) is 4.77. The Balaban J connectivity index is 1.95. The zero-order chi connectivity index (χ0) is 15.8. The van der Waals surface area contributed by atoms with Crippen molar-refractivity contribution in [1.82, 2.24) is 5.32 Å². The first-order valence-corrected chi connectivity index (χ1v) is 6.89. The maximum absolute atomic E-state index is 11.9. The third-order valence-electron chi connectivity index (χ3n) is 3.09. The van der Waals surface area contributed by atoms with Crippen LogP contribution in [-0.2, 0) is 16.1 Å². The van der Waals surface area contributed by atoms with Gasteiger partial charge in [-0.2, -0.15) is 0 Å². The van der Waals surface area contributed by atoms with Crippen LogP contribution in [0.15, 0.2) is 60.7 Å². The summed E-state index contributed by atoms with van der Waals surface area (Å²) in [5.41, 5.74) is 1.59. The van der Waals surface area contributed by atoms with Gasteiger partial charge >= 0.3 is 12.1 Å². The molecule has 0 aliphatic carbocycles. The Morgan fingerprint density at radius 2 is 1.59 bits per heavy atom. The Morgan fingerprint density at radius 3 is 2.18 bits per heavy atom. The van der Waals surface area contributed by atoms with Crippen LogP contribution in [0.4, 0.5) is 4.79 Å². The molecule has 0 aromatic heterocycles.